The maximum absolute atomic E-state index is 12.0. The van der Waals surface area contributed by atoms with E-state index in [2.05, 4.69) is 24.5 Å². The van der Waals surface area contributed by atoms with E-state index < -0.39 is 0 Å². The van der Waals surface area contributed by atoms with Crippen LogP contribution in [0, 0.1) is 0 Å². The van der Waals surface area contributed by atoms with Crippen molar-refractivity contribution < 1.29 is 9.59 Å². The molecule has 0 saturated carbocycles. The molecule has 0 spiro atoms. The first-order chi connectivity index (χ1) is 12.3. The predicted octanol–water partition coefficient (Wildman–Crippen LogP) is 4.80. The molecule has 2 aromatic rings. The Morgan fingerprint density at radius 2 is 1.69 bits per heavy atom. The Morgan fingerprint density at radius 3 is 2.31 bits per heavy atom. The van der Waals surface area contributed by atoms with E-state index in [0.717, 1.165) is 5.56 Å². The molecular formula is C20H22Cl2N2O2. The summed E-state index contributed by atoms with van der Waals surface area (Å²) in [5.74, 6) is -0.240. The maximum Gasteiger partial charge on any atom is 0.233 e. The quantitative estimate of drug-likeness (QED) is 0.664. The molecule has 6 heteroatoms. The van der Waals surface area contributed by atoms with Crippen molar-refractivity contribution in [3.8, 4) is 0 Å². The van der Waals surface area contributed by atoms with Gasteiger partial charge in [0.25, 0.3) is 0 Å². The van der Waals surface area contributed by atoms with Crippen LogP contribution >= 0.6 is 23.2 Å². The van der Waals surface area contributed by atoms with E-state index in [1.807, 2.05) is 30.3 Å². The van der Waals surface area contributed by atoms with E-state index in [-0.39, 0.29) is 18.2 Å². The highest BCUT2D eigenvalue weighted by atomic mass is 35.5. The summed E-state index contributed by atoms with van der Waals surface area (Å²) < 4.78 is 0. The average molecular weight is 393 g/mol. The first-order valence-corrected chi connectivity index (χ1v) is 9.21. The van der Waals surface area contributed by atoms with Gasteiger partial charge in [0.1, 0.15) is 6.42 Å². The number of hydrogen-bond donors (Lipinski definition) is 2. The van der Waals surface area contributed by atoms with Crippen LogP contribution in [0.15, 0.2) is 42.5 Å². The van der Waals surface area contributed by atoms with Gasteiger partial charge in [-0.25, -0.2) is 0 Å². The summed E-state index contributed by atoms with van der Waals surface area (Å²) in [6.07, 6.45) is 0.348. The van der Waals surface area contributed by atoms with E-state index in [0.29, 0.717) is 34.6 Å². The number of carbonyl (C=O) groups excluding carboxylic acids is 2. The zero-order chi connectivity index (χ0) is 19.1. The number of anilines is 1. The minimum atomic E-state index is -0.343. The number of carbonyl (C=O) groups is 2. The van der Waals surface area contributed by atoms with Crippen LogP contribution in [-0.4, -0.2) is 18.4 Å². The molecular weight excluding hydrogens is 371 g/mol. The van der Waals surface area contributed by atoms with Crippen LogP contribution in [0.4, 0.5) is 5.69 Å². The highest BCUT2D eigenvalue weighted by Crippen LogP contribution is 2.21. The largest absolute Gasteiger partial charge is 0.355 e. The zero-order valence-corrected chi connectivity index (χ0v) is 16.3. The smallest absolute Gasteiger partial charge is 0.233 e. The lowest BCUT2D eigenvalue weighted by Crippen LogP contribution is -2.29. The van der Waals surface area contributed by atoms with Gasteiger partial charge < -0.3 is 10.6 Å². The molecule has 0 unspecified atom stereocenters. The van der Waals surface area contributed by atoms with E-state index >= 15 is 0 Å². The Kier molecular flexibility index (Phi) is 7.49. The van der Waals surface area contributed by atoms with Crippen LogP contribution in [0.2, 0.25) is 10.0 Å². The second-order valence-corrected chi connectivity index (χ2v) is 7.18. The van der Waals surface area contributed by atoms with Crippen molar-refractivity contribution in [1.29, 1.82) is 0 Å². The molecule has 0 aliphatic heterocycles. The molecule has 0 aliphatic carbocycles. The van der Waals surface area contributed by atoms with Gasteiger partial charge in [0.2, 0.25) is 11.8 Å². The Balaban J connectivity index is 1.75. The predicted molar refractivity (Wildman–Crippen MR) is 107 cm³/mol. The van der Waals surface area contributed by atoms with Crippen molar-refractivity contribution in [2.24, 2.45) is 0 Å². The van der Waals surface area contributed by atoms with Gasteiger partial charge in [-0.3, -0.25) is 9.59 Å². The Morgan fingerprint density at radius 1 is 1.00 bits per heavy atom. The molecule has 0 saturated heterocycles. The van der Waals surface area contributed by atoms with Crippen LogP contribution < -0.4 is 10.6 Å². The summed E-state index contributed by atoms with van der Waals surface area (Å²) in [5.41, 5.74) is 2.77. The minimum Gasteiger partial charge on any atom is -0.355 e. The standard InChI is InChI=1S/C20H22Cl2N2O2/c1-13(2)14-4-7-17(8-5-14)24-20(26)12-19(25)23-10-9-15-3-6-16(21)11-18(15)22/h3-8,11,13H,9-10,12H2,1-2H3,(H,23,25)(H,24,26). The summed E-state index contributed by atoms with van der Waals surface area (Å²) in [6, 6.07) is 12.9. The molecule has 2 rings (SSSR count). The van der Waals surface area contributed by atoms with Crippen LogP contribution in [-0.2, 0) is 16.0 Å². The van der Waals surface area contributed by atoms with Crippen LogP contribution in [0.5, 0.6) is 0 Å². The van der Waals surface area contributed by atoms with Gasteiger partial charge in [0.15, 0.2) is 0 Å². The normalized spacial score (nSPS) is 10.7. The highest BCUT2D eigenvalue weighted by molar-refractivity contribution is 6.35. The Labute approximate surface area is 163 Å². The molecule has 2 N–H and O–H groups in total. The summed E-state index contributed by atoms with van der Waals surface area (Å²) >= 11 is 11.9. The van der Waals surface area contributed by atoms with E-state index in [1.54, 1.807) is 12.1 Å². The molecule has 0 aliphatic rings. The molecule has 0 bridgehead atoms. The summed E-state index contributed by atoms with van der Waals surface area (Å²) in [4.78, 5) is 23.8. The fourth-order valence-corrected chi connectivity index (χ4v) is 2.93. The summed E-state index contributed by atoms with van der Waals surface area (Å²) in [7, 11) is 0. The van der Waals surface area contributed by atoms with Crippen molar-refractivity contribution in [1.82, 2.24) is 5.32 Å². The summed E-state index contributed by atoms with van der Waals surface area (Å²) in [5, 5.41) is 6.58. The van der Waals surface area contributed by atoms with Gasteiger partial charge >= 0.3 is 0 Å². The molecule has 4 nitrogen and oxygen atoms in total. The van der Waals surface area contributed by atoms with Crippen molar-refractivity contribution in [3.63, 3.8) is 0 Å². The molecule has 0 radical (unpaired) electrons. The van der Waals surface area contributed by atoms with Gasteiger partial charge in [-0.05, 0) is 47.7 Å². The maximum atomic E-state index is 12.0. The zero-order valence-electron chi connectivity index (χ0n) is 14.8. The van der Waals surface area contributed by atoms with Gasteiger partial charge in [0, 0.05) is 22.3 Å². The van der Waals surface area contributed by atoms with Crippen molar-refractivity contribution in [2.75, 3.05) is 11.9 Å². The number of halogens is 2. The lowest BCUT2D eigenvalue weighted by Gasteiger charge is -2.09. The van der Waals surface area contributed by atoms with Crippen LogP contribution in [0.3, 0.4) is 0 Å². The molecule has 0 aromatic heterocycles. The first-order valence-electron chi connectivity index (χ1n) is 8.45. The van der Waals surface area contributed by atoms with Gasteiger partial charge in [0.05, 0.1) is 0 Å². The van der Waals surface area contributed by atoms with E-state index in [9.17, 15) is 9.59 Å². The average Bonchev–Trinajstić information content (AvgIpc) is 2.57. The third-order valence-corrected chi connectivity index (χ3v) is 4.50. The Bertz CT molecular complexity index is 774. The Hall–Kier alpha value is -2.04. The molecule has 138 valence electrons. The second kappa shape index (κ2) is 9.60. The minimum absolute atomic E-state index is 0.222. The second-order valence-electron chi connectivity index (χ2n) is 6.34. The molecule has 0 fully saturated rings. The first kappa shape index (κ1) is 20.3. The lowest BCUT2D eigenvalue weighted by molar-refractivity contribution is -0.126. The fourth-order valence-electron chi connectivity index (χ4n) is 2.43. The molecule has 0 atom stereocenters. The van der Waals surface area contributed by atoms with Gasteiger partial charge in [-0.2, -0.15) is 0 Å². The third-order valence-electron chi connectivity index (χ3n) is 3.91. The third kappa shape index (κ3) is 6.36. The van der Waals surface area contributed by atoms with Gasteiger partial charge in [-0.1, -0.05) is 55.2 Å². The molecule has 0 heterocycles. The topological polar surface area (TPSA) is 58.2 Å². The van der Waals surface area contributed by atoms with Crippen molar-refractivity contribution in [3.05, 3.63) is 63.6 Å². The van der Waals surface area contributed by atoms with E-state index in [1.165, 1.54) is 5.56 Å². The molecule has 26 heavy (non-hydrogen) atoms. The SMILES string of the molecule is CC(C)c1ccc(NC(=O)CC(=O)NCCc2ccc(Cl)cc2Cl)cc1. The number of amides is 2. The summed E-state index contributed by atoms with van der Waals surface area (Å²) in [6.45, 7) is 4.61. The monoisotopic (exact) mass is 392 g/mol. The number of nitrogens with one attached hydrogen (secondary N) is 2. The number of benzene rings is 2. The van der Waals surface area contributed by atoms with Gasteiger partial charge in [-0.15, -0.1) is 0 Å². The van der Waals surface area contributed by atoms with Crippen LogP contribution in [0.25, 0.3) is 0 Å². The fraction of sp³-hybridized carbons (Fsp3) is 0.300. The van der Waals surface area contributed by atoms with Crippen molar-refractivity contribution >= 4 is 40.7 Å². The van der Waals surface area contributed by atoms with Crippen LogP contribution in [0.1, 0.15) is 37.3 Å². The molecule has 2 aromatic carbocycles. The van der Waals surface area contributed by atoms with Crippen molar-refractivity contribution in [2.45, 2.75) is 32.6 Å². The lowest BCUT2D eigenvalue weighted by atomic mass is 10.0. The number of rotatable bonds is 7. The molecule has 2 amide bonds. The van der Waals surface area contributed by atoms with E-state index in [4.69, 9.17) is 23.2 Å². The highest BCUT2D eigenvalue weighted by Gasteiger charge is 2.10. The number of hydrogen-bond acceptors (Lipinski definition) is 2.